The van der Waals surface area contributed by atoms with E-state index in [0.29, 0.717) is 13.2 Å². The molecular formula is C12H23ClN2O2. The highest BCUT2D eigenvalue weighted by Gasteiger charge is 2.48. The average molecular weight is 263 g/mol. The molecule has 1 saturated carbocycles. The Morgan fingerprint density at radius 2 is 2.29 bits per heavy atom. The number of ether oxygens (including phenoxy) is 1. The van der Waals surface area contributed by atoms with Crippen molar-refractivity contribution in [3.63, 3.8) is 0 Å². The van der Waals surface area contributed by atoms with E-state index in [1.807, 2.05) is 11.8 Å². The van der Waals surface area contributed by atoms with Gasteiger partial charge in [-0.25, -0.2) is 0 Å². The Labute approximate surface area is 109 Å². The zero-order chi connectivity index (χ0) is 11.8. The topological polar surface area (TPSA) is 55.6 Å². The molecule has 1 aliphatic heterocycles. The fourth-order valence-electron chi connectivity index (χ4n) is 2.44. The Balaban J connectivity index is 0.00000144. The van der Waals surface area contributed by atoms with Crippen LogP contribution in [0.3, 0.4) is 0 Å². The van der Waals surface area contributed by atoms with Gasteiger partial charge in [-0.2, -0.15) is 0 Å². The monoisotopic (exact) mass is 262 g/mol. The van der Waals surface area contributed by atoms with Gasteiger partial charge in [0.05, 0.1) is 12.0 Å². The molecule has 2 aliphatic rings. The number of hydrogen-bond donors (Lipinski definition) is 1. The number of likely N-dealkylation sites (tertiary alicyclic amines) is 1. The van der Waals surface area contributed by atoms with Gasteiger partial charge in [0.2, 0.25) is 5.91 Å². The first-order valence-electron chi connectivity index (χ1n) is 6.20. The van der Waals surface area contributed by atoms with E-state index >= 15 is 0 Å². The highest BCUT2D eigenvalue weighted by atomic mass is 35.5. The van der Waals surface area contributed by atoms with E-state index in [4.69, 9.17) is 10.5 Å². The van der Waals surface area contributed by atoms with Gasteiger partial charge in [-0.05, 0) is 31.7 Å². The van der Waals surface area contributed by atoms with Crippen molar-refractivity contribution >= 4 is 18.3 Å². The third-order valence-electron chi connectivity index (χ3n) is 3.79. The number of nitrogens with two attached hydrogens (primary N) is 1. The van der Waals surface area contributed by atoms with E-state index in [0.717, 1.165) is 25.9 Å². The van der Waals surface area contributed by atoms with Crippen LogP contribution in [0, 0.1) is 11.3 Å². The number of hydrogen-bond acceptors (Lipinski definition) is 3. The van der Waals surface area contributed by atoms with Crippen LogP contribution in [-0.4, -0.2) is 43.2 Å². The van der Waals surface area contributed by atoms with E-state index in [1.54, 1.807) is 0 Å². The van der Waals surface area contributed by atoms with Crippen molar-refractivity contribution in [3.05, 3.63) is 0 Å². The van der Waals surface area contributed by atoms with Crippen LogP contribution in [-0.2, 0) is 9.53 Å². The van der Waals surface area contributed by atoms with Gasteiger partial charge in [0.25, 0.3) is 0 Å². The first kappa shape index (κ1) is 14.7. The second-order valence-electron chi connectivity index (χ2n) is 5.36. The van der Waals surface area contributed by atoms with Gasteiger partial charge >= 0.3 is 0 Å². The molecule has 1 heterocycles. The molecule has 0 spiro atoms. The lowest BCUT2D eigenvalue weighted by atomic mass is 9.90. The maximum atomic E-state index is 12.1. The lowest BCUT2D eigenvalue weighted by Gasteiger charge is -2.22. The minimum atomic E-state index is 0. The van der Waals surface area contributed by atoms with Crippen LogP contribution in [0.2, 0.25) is 0 Å². The smallest absolute Gasteiger partial charge is 0.228 e. The van der Waals surface area contributed by atoms with Crippen LogP contribution in [0.4, 0.5) is 0 Å². The molecule has 5 heteroatoms. The summed E-state index contributed by atoms with van der Waals surface area (Å²) in [6.45, 7) is 7.18. The standard InChI is InChI=1S/C12H22N2O2.ClH/c1-3-16-10-6-9(10)11(15)14-5-4-12(2,7-13)8-14;/h9-10H,3-8,13H2,1-2H3;1H. The average Bonchev–Trinajstić information content (AvgIpc) is 2.92. The molecular weight excluding hydrogens is 240 g/mol. The first-order chi connectivity index (χ1) is 7.59. The molecule has 2 fully saturated rings. The predicted molar refractivity (Wildman–Crippen MR) is 69.1 cm³/mol. The normalized spacial score (nSPS) is 35.6. The lowest BCUT2D eigenvalue weighted by molar-refractivity contribution is -0.132. The maximum Gasteiger partial charge on any atom is 0.228 e. The van der Waals surface area contributed by atoms with Crippen molar-refractivity contribution in [1.29, 1.82) is 0 Å². The summed E-state index contributed by atoms with van der Waals surface area (Å²) in [6.07, 6.45) is 2.12. The largest absolute Gasteiger partial charge is 0.378 e. The minimum absolute atomic E-state index is 0. The Morgan fingerprint density at radius 3 is 2.82 bits per heavy atom. The highest BCUT2D eigenvalue weighted by molar-refractivity contribution is 5.85. The molecule has 3 atom stereocenters. The molecule has 0 aromatic heterocycles. The second-order valence-corrected chi connectivity index (χ2v) is 5.36. The number of amides is 1. The summed E-state index contributed by atoms with van der Waals surface area (Å²) >= 11 is 0. The molecule has 100 valence electrons. The van der Waals surface area contributed by atoms with Crippen LogP contribution in [0.1, 0.15) is 26.7 Å². The summed E-state index contributed by atoms with van der Waals surface area (Å²) in [6, 6.07) is 0. The number of rotatable bonds is 4. The molecule has 1 aliphatic carbocycles. The van der Waals surface area contributed by atoms with Crippen LogP contribution >= 0.6 is 12.4 Å². The molecule has 3 unspecified atom stereocenters. The van der Waals surface area contributed by atoms with E-state index in [-0.39, 0.29) is 35.8 Å². The Kier molecular flexibility index (Phi) is 4.81. The number of carbonyl (C=O) groups excluding carboxylic acids is 1. The number of halogens is 1. The van der Waals surface area contributed by atoms with E-state index < -0.39 is 0 Å². The number of carbonyl (C=O) groups is 1. The predicted octanol–water partition coefficient (Wildman–Crippen LogP) is 1.03. The van der Waals surface area contributed by atoms with Gasteiger partial charge in [-0.1, -0.05) is 6.92 Å². The molecule has 2 N–H and O–H groups in total. The van der Waals surface area contributed by atoms with Gasteiger partial charge in [0.15, 0.2) is 0 Å². The zero-order valence-corrected chi connectivity index (χ0v) is 11.5. The molecule has 1 saturated heterocycles. The van der Waals surface area contributed by atoms with Crippen molar-refractivity contribution in [2.24, 2.45) is 17.1 Å². The van der Waals surface area contributed by atoms with Crippen molar-refractivity contribution in [2.75, 3.05) is 26.2 Å². The molecule has 2 rings (SSSR count). The summed E-state index contributed by atoms with van der Waals surface area (Å²) in [5, 5.41) is 0. The maximum absolute atomic E-state index is 12.1. The molecule has 0 bridgehead atoms. The lowest BCUT2D eigenvalue weighted by Crippen LogP contribution is -2.35. The van der Waals surface area contributed by atoms with Gasteiger partial charge in [-0.3, -0.25) is 4.79 Å². The summed E-state index contributed by atoms with van der Waals surface area (Å²) in [5.41, 5.74) is 5.87. The quantitative estimate of drug-likeness (QED) is 0.823. The third-order valence-corrected chi connectivity index (χ3v) is 3.79. The van der Waals surface area contributed by atoms with E-state index in [2.05, 4.69) is 6.92 Å². The van der Waals surface area contributed by atoms with E-state index in [9.17, 15) is 4.79 Å². The first-order valence-corrected chi connectivity index (χ1v) is 6.20. The van der Waals surface area contributed by atoms with E-state index in [1.165, 1.54) is 0 Å². The Hall–Kier alpha value is -0.320. The van der Waals surface area contributed by atoms with Crippen molar-refractivity contribution < 1.29 is 9.53 Å². The highest BCUT2D eigenvalue weighted by Crippen LogP contribution is 2.38. The molecule has 0 aromatic rings. The Morgan fingerprint density at radius 1 is 1.59 bits per heavy atom. The van der Waals surface area contributed by atoms with Crippen LogP contribution in [0.25, 0.3) is 0 Å². The minimum Gasteiger partial charge on any atom is -0.378 e. The summed E-state index contributed by atoms with van der Waals surface area (Å²) in [7, 11) is 0. The number of nitrogens with zero attached hydrogens (tertiary/aromatic N) is 1. The SMILES string of the molecule is CCOC1CC1C(=O)N1CCC(C)(CN)C1.Cl. The molecule has 0 radical (unpaired) electrons. The van der Waals surface area contributed by atoms with Crippen molar-refractivity contribution in [1.82, 2.24) is 4.90 Å². The van der Waals surface area contributed by atoms with Crippen LogP contribution < -0.4 is 5.73 Å². The fraction of sp³-hybridized carbons (Fsp3) is 0.917. The molecule has 17 heavy (non-hydrogen) atoms. The summed E-state index contributed by atoms with van der Waals surface area (Å²) in [4.78, 5) is 14.1. The molecule has 0 aromatic carbocycles. The van der Waals surface area contributed by atoms with Crippen LogP contribution in [0.15, 0.2) is 0 Å². The Bertz CT molecular complexity index is 288. The van der Waals surface area contributed by atoms with Crippen LogP contribution in [0.5, 0.6) is 0 Å². The fourth-order valence-corrected chi connectivity index (χ4v) is 2.44. The molecule has 1 amide bonds. The zero-order valence-electron chi connectivity index (χ0n) is 10.6. The van der Waals surface area contributed by atoms with Gasteiger partial charge in [-0.15, -0.1) is 12.4 Å². The molecule has 4 nitrogen and oxygen atoms in total. The van der Waals surface area contributed by atoms with Gasteiger partial charge in [0.1, 0.15) is 0 Å². The second kappa shape index (κ2) is 5.55. The van der Waals surface area contributed by atoms with Crippen molar-refractivity contribution in [2.45, 2.75) is 32.8 Å². The summed E-state index contributed by atoms with van der Waals surface area (Å²) < 4.78 is 5.45. The van der Waals surface area contributed by atoms with Crippen molar-refractivity contribution in [3.8, 4) is 0 Å². The van der Waals surface area contributed by atoms with Gasteiger partial charge in [0, 0.05) is 19.7 Å². The third kappa shape index (κ3) is 3.12. The van der Waals surface area contributed by atoms with Gasteiger partial charge < -0.3 is 15.4 Å². The summed E-state index contributed by atoms with van der Waals surface area (Å²) in [5.74, 6) is 0.399.